The molecule has 0 amide bonds. The maximum Gasteiger partial charge on any atom is -0.0628 e. The van der Waals surface area contributed by atoms with Crippen LogP contribution in [0.5, 0.6) is 0 Å². The van der Waals surface area contributed by atoms with Gasteiger partial charge in [-0.3, -0.25) is 0 Å². The molecule has 50 valence electrons. The fraction of sp³-hybridized carbons (Fsp3) is 0.444. The van der Waals surface area contributed by atoms with Gasteiger partial charge in [-0.05, 0) is 0 Å². The molecular weight excluding hydrogens is 108 g/mol. The topological polar surface area (TPSA) is 0 Å². The van der Waals surface area contributed by atoms with Crippen LogP contribution in [0.4, 0.5) is 0 Å². The van der Waals surface area contributed by atoms with Crippen LogP contribution in [0.15, 0.2) is 23.8 Å². The van der Waals surface area contributed by atoms with Crippen LogP contribution in [0, 0.1) is 11.8 Å². The van der Waals surface area contributed by atoms with Gasteiger partial charge >= 0.3 is 0 Å². The molecule has 0 spiro atoms. The van der Waals surface area contributed by atoms with Gasteiger partial charge in [0.1, 0.15) is 0 Å². The standard InChI is InChI=1S/C9H13/c1-8-5-4-6-9(2,3)7-8/h4-7H,1-3H3/q-1. The maximum atomic E-state index is 2.27. The molecule has 9 heavy (non-hydrogen) atoms. The number of allylic oxidation sites excluding steroid dienone is 4. The van der Waals surface area contributed by atoms with Crippen molar-refractivity contribution < 1.29 is 0 Å². The SMILES string of the molecule is CC1=CC(C)(C)C=C[CH-]1. The van der Waals surface area contributed by atoms with Crippen molar-refractivity contribution in [1.29, 1.82) is 0 Å². The summed E-state index contributed by atoms with van der Waals surface area (Å²) in [5.74, 6) is 0. The molecule has 0 saturated carbocycles. The van der Waals surface area contributed by atoms with Gasteiger partial charge in [0.05, 0.1) is 0 Å². The first-order valence-electron chi connectivity index (χ1n) is 3.32. The van der Waals surface area contributed by atoms with Crippen molar-refractivity contribution in [3.05, 3.63) is 30.2 Å². The van der Waals surface area contributed by atoms with E-state index in [9.17, 15) is 0 Å². The van der Waals surface area contributed by atoms with E-state index in [1.807, 2.05) is 0 Å². The van der Waals surface area contributed by atoms with Crippen LogP contribution in [0.2, 0.25) is 0 Å². The van der Waals surface area contributed by atoms with Crippen molar-refractivity contribution in [1.82, 2.24) is 0 Å². The zero-order valence-corrected chi connectivity index (χ0v) is 6.31. The Morgan fingerprint density at radius 1 is 1.44 bits per heavy atom. The molecular formula is C9H13-. The molecule has 0 aliphatic heterocycles. The molecule has 0 atom stereocenters. The largest absolute Gasteiger partial charge is 0.181 e. The van der Waals surface area contributed by atoms with E-state index in [1.54, 1.807) is 0 Å². The van der Waals surface area contributed by atoms with Crippen molar-refractivity contribution in [2.75, 3.05) is 0 Å². The van der Waals surface area contributed by atoms with Crippen LogP contribution < -0.4 is 0 Å². The fourth-order valence-electron chi connectivity index (χ4n) is 1.13. The Balaban J connectivity index is 2.78. The molecule has 0 saturated heterocycles. The van der Waals surface area contributed by atoms with Crippen LogP contribution in [0.1, 0.15) is 20.8 Å². The second-order valence-corrected chi connectivity index (χ2v) is 3.24. The van der Waals surface area contributed by atoms with E-state index in [0.717, 1.165) is 0 Å². The third-order valence-corrected chi connectivity index (χ3v) is 1.48. The molecule has 0 heterocycles. The van der Waals surface area contributed by atoms with Crippen LogP contribution in [0.3, 0.4) is 0 Å². The van der Waals surface area contributed by atoms with Gasteiger partial charge in [-0.2, -0.15) is 30.2 Å². The molecule has 0 heteroatoms. The Morgan fingerprint density at radius 3 is 2.44 bits per heavy atom. The minimum absolute atomic E-state index is 0.277. The smallest absolute Gasteiger partial charge is 0.0628 e. The quantitative estimate of drug-likeness (QED) is 0.432. The van der Waals surface area contributed by atoms with E-state index in [1.165, 1.54) is 5.57 Å². The van der Waals surface area contributed by atoms with Crippen molar-refractivity contribution in [2.45, 2.75) is 20.8 Å². The molecule has 0 fully saturated rings. The first-order chi connectivity index (χ1) is 4.10. The summed E-state index contributed by atoms with van der Waals surface area (Å²) in [5, 5.41) is 0. The minimum Gasteiger partial charge on any atom is -0.181 e. The molecule has 0 aromatic carbocycles. The molecule has 0 unspecified atom stereocenters. The highest BCUT2D eigenvalue weighted by Gasteiger charge is 2.03. The Labute approximate surface area is 57.3 Å². The number of rotatable bonds is 0. The third-order valence-electron chi connectivity index (χ3n) is 1.48. The fourth-order valence-corrected chi connectivity index (χ4v) is 1.13. The van der Waals surface area contributed by atoms with E-state index in [-0.39, 0.29) is 5.41 Å². The second kappa shape index (κ2) is 1.94. The van der Waals surface area contributed by atoms with Crippen molar-refractivity contribution in [2.24, 2.45) is 5.41 Å². The van der Waals surface area contributed by atoms with Crippen molar-refractivity contribution in [3.8, 4) is 0 Å². The zero-order valence-electron chi connectivity index (χ0n) is 6.31. The molecule has 1 aliphatic carbocycles. The highest BCUT2D eigenvalue weighted by atomic mass is 14.2. The normalized spacial score (nSPS) is 22.8. The molecule has 0 nitrogen and oxygen atoms in total. The third kappa shape index (κ3) is 1.63. The van der Waals surface area contributed by atoms with Gasteiger partial charge in [-0.15, -0.1) is 0 Å². The molecule has 0 aromatic heterocycles. The summed E-state index contributed by atoms with van der Waals surface area (Å²) < 4.78 is 0. The number of hydrogen-bond donors (Lipinski definition) is 0. The number of hydrogen-bond acceptors (Lipinski definition) is 0. The van der Waals surface area contributed by atoms with Gasteiger partial charge in [-0.25, -0.2) is 0 Å². The van der Waals surface area contributed by atoms with E-state index in [4.69, 9.17) is 0 Å². The van der Waals surface area contributed by atoms with Crippen LogP contribution >= 0.6 is 0 Å². The molecule has 0 bridgehead atoms. The van der Waals surface area contributed by atoms with E-state index in [0.29, 0.717) is 0 Å². The van der Waals surface area contributed by atoms with E-state index < -0.39 is 0 Å². The Morgan fingerprint density at radius 2 is 2.11 bits per heavy atom. The lowest BCUT2D eigenvalue weighted by atomic mass is 9.86. The summed E-state index contributed by atoms with van der Waals surface area (Å²) in [5.41, 5.74) is 1.64. The first kappa shape index (κ1) is 6.47. The maximum absolute atomic E-state index is 2.27. The van der Waals surface area contributed by atoms with Crippen molar-refractivity contribution >= 4 is 0 Å². The minimum atomic E-state index is 0.277. The molecule has 0 radical (unpaired) electrons. The van der Waals surface area contributed by atoms with Gasteiger partial charge < -0.3 is 0 Å². The Hall–Kier alpha value is -0.650. The molecule has 1 rings (SSSR count). The van der Waals surface area contributed by atoms with Crippen LogP contribution in [0.25, 0.3) is 0 Å². The lowest BCUT2D eigenvalue weighted by Gasteiger charge is -2.28. The monoisotopic (exact) mass is 121 g/mol. The van der Waals surface area contributed by atoms with Gasteiger partial charge in [-0.1, -0.05) is 26.2 Å². The van der Waals surface area contributed by atoms with Gasteiger partial charge in [0, 0.05) is 0 Å². The average Bonchev–Trinajstić information content (AvgIpc) is 1.60. The zero-order chi connectivity index (χ0) is 6.91. The summed E-state index contributed by atoms with van der Waals surface area (Å²) >= 11 is 0. The highest BCUT2D eigenvalue weighted by Crippen LogP contribution is 2.25. The predicted octanol–water partition coefficient (Wildman–Crippen LogP) is 2.73. The summed E-state index contributed by atoms with van der Waals surface area (Å²) in [6.07, 6.45) is 8.73. The van der Waals surface area contributed by atoms with Gasteiger partial charge in [0.25, 0.3) is 0 Å². The molecule has 0 N–H and O–H groups in total. The first-order valence-corrected chi connectivity index (χ1v) is 3.32. The van der Waals surface area contributed by atoms with E-state index in [2.05, 4.69) is 45.4 Å². The Kier molecular flexibility index (Phi) is 1.40. The van der Waals surface area contributed by atoms with E-state index >= 15 is 0 Å². The summed E-state index contributed by atoms with van der Waals surface area (Å²) in [7, 11) is 0. The summed E-state index contributed by atoms with van der Waals surface area (Å²) in [4.78, 5) is 0. The van der Waals surface area contributed by atoms with Crippen LogP contribution in [-0.4, -0.2) is 0 Å². The summed E-state index contributed by atoms with van der Waals surface area (Å²) in [6.45, 7) is 6.55. The van der Waals surface area contributed by atoms with Gasteiger partial charge in [0.2, 0.25) is 0 Å². The average molecular weight is 121 g/mol. The lowest BCUT2D eigenvalue weighted by molar-refractivity contribution is 0.615. The molecule has 0 aromatic rings. The molecule has 1 aliphatic rings. The second-order valence-electron chi connectivity index (χ2n) is 3.24. The summed E-state index contributed by atoms with van der Waals surface area (Å²) in [6, 6.07) is 0. The van der Waals surface area contributed by atoms with Crippen molar-refractivity contribution in [3.63, 3.8) is 0 Å². The Bertz CT molecular complexity index is 159. The predicted molar refractivity (Wildman–Crippen MR) is 41.0 cm³/mol. The van der Waals surface area contributed by atoms with Gasteiger partial charge in [0.15, 0.2) is 0 Å². The highest BCUT2D eigenvalue weighted by molar-refractivity contribution is 5.29. The van der Waals surface area contributed by atoms with Crippen LogP contribution in [-0.2, 0) is 0 Å². The lowest BCUT2D eigenvalue weighted by Crippen LogP contribution is -2.06.